The molecule has 5 aromatic carbocycles. The van der Waals surface area contributed by atoms with Gasteiger partial charge in [0.2, 0.25) is 17.7 Å². The fourth-order valence-electron chi connectivity index (χ4n) is 9.69. The molecule has 10 rings (SSSR count). The van der Waals surface area contributed by atoms with Crippen molar-refractivity contribution in [2.75, 3.05) is 40.3 Å². The third-order valence-corrected chi connectivity index (χ3v) is 16.4. The first-order valence-electron chi connectivity index (χ1n) is 29.6. The van der Waals surface area contributed by atoms with E-state index < -0.39 is 41.1 Å². The molecule has 25 nitrogen and oxygen atoms in total. The first-order valence-corrected chi connectivity index (χ1v) is 31.2. The van der Waals surface area contributed by atoms with Gasteiger partial charge in [-0.15, -0.1) is 11.6 Å². The minimum atomic E-state index is -1.02. The minimum absolute atomic E-state index is 0. The number of nitrogens with two attached hydrogens (primary N) is 3. The number of aromatic nitrogens is 4. The van der Waals surface area contributed by atoms with Crippen LogP contribution in [-0.2, 0) is 80.5 Å². The largest absolute Gasteiger partial charge is 1.00 e. The number of ether oxygens (including phenoxy) is 3. The fraction of sp³-hybridized carbons (Fsp3) is 0.375. The van der Waals surface area contributed by atoms with Crippen LogP contribution in [0.4, 0.5) is 13.2 Å². The van der Waals surface area contributed by atoms with Crippen LogP contribution in [0.3, 0.4) is 0 Å². The molecule has 0 spiro atoms. The normalized spacial score (nSPS) is 16.7. The summed E-state index contributed by atoms with van der Waals surface area (Å²) >= 11 is 22.4. The Hall–Kier alpha value is -5.02. The van der Waals surface area contributed by atoms with Gasteiger partial charge in [-0.25, -0.2) is 13.2 Å². The van der Waals surface area contributed by atoms with Gasteiger partial charge in [-0.3, -0.25) is 47.7 Å². The number of halogens is 7. The van der Waals surface area contributed by atoms with Crippen molar-refractivity contribution in [1.29, 1.82) is 0 Å². The molecule has 98 heavy (non-hydrogen) atoms. The van der Waals surface area contributed by atoms with E-state index >= 15 is 0 Å². The number of aliphatic carboxylic acids is 1. The van der Waals surface area contributed by atoms with Crippen molar-refractivity contribution >= 4 is 116 Å². The van der Waals surface area contributed by atoms with Crippen LogP contribution < -0.4 is 141 Å². The van der Waals surface area contributed by atoms with E-state index in [0.29, 0.717) is 76.5 Å². The summed E-state index contributed by atoms with van der Waals surface area (Å²) in [6.07, 6.45) is 6.50. The van der Waals surface area contributed by atoms with Crippen LogP contribution >= 0.6 is 46.4 Å². The summed E-state index contributed by atoms with van der Waals surface area (Å²) in [4.78, 5) is 94.8. The number of carboxylic acids is 1. The van der Waals surface area contributed by atoms with Crippen LogP contribution in [0.2, 0.25) is 15.1 Å². The van der Waals surface area contributed by atoms with E-state index in [2.05, 4.69) is 31.0 Å². The Balaban J connectivity index is 0.000000446. The number of aryl methyl sites for hydroxylation is 1. The Morgan fingerprint density at radius 3 is 1.49 bits per heavy atom. The average molecular weight is 1500 g/mol. The summed E-state index contributed by atoms with van der Waals surface area (Å²) in [6, 6.07) is 28.4. The zero-order valence-corrected chi connectivity index (χ0v) is 63.6. The molecule has 3 saturated carbocycles. The summed E-state index contributed by atoms with van der Waals surface area (Å²) in [7, 11) is 5.02. The molecule has 3 aliphatic rings. The number of hydrogen-bond donors (Lipinski definition) is 7. The number of ketones is 1. The molecule has 3 fully saturated rings. The Morgan fingerprint density at radius 1 is 0.653 bits per heavy atom. The molecule has 0 radical (unpaired) electrons. The van der Waals surface area contributed by atoms with Crippen LogP contribution in [0.25, 0.3) is 21.8 Å². The van der Waals surface area contributed by atoms with E-state index in [1.165, 1.54) is 38.5 Å². The molecule has 0 unspecified atom stereocenters. The number of carbonyl (C=O) groups excluding carboxylic acids is 7. The van der Waals surface area contributed by atoms with E-state index in [4.69, 9.17) is 93.0 Å². The smallest absolute Gasteiger partial charge is 1.00 e. The summed E-state index contributed by atoms with van der Waals surface area (Å²) in [5, 5.41) is 34.9. The van der Waals surface area contributed by atoms with E-state index in [1.807, 2.05) is 0 Å². The summed E-state index contributed by atoms with van der Waals surface area (Å²) < 4.78 is 59.1. The molecule has 0 bridgehead atoms. The third-order valence-electron chi connectivity index (χ3n) is 15.2. The number of nitrogens with one attached hydrogen (secondary N) is 3. The van der Waals surface area contributed by atoms with Crippen molar-refractivity contribution in [3.8, 4) is 0 Å². The number of Topliss-reactive ketones (excluding diaryl/α,β-unsaturated/α-hetero) is 1. The quantitative estimate of drug-likeness (QED) is 0.0140. The fourth-order valence-corrected chi connectivity index (χ4v) is 10.4. The number of benzene rings is 5. The first kappa shape index (κ1) is 87.2. The molecule has 520 valence electrons. The maximum absolute atomic E-state index is 14.1. The predicted octanol–water partition coefficient (Wildman–Crippen LogP) is 0.230. The molecule has 10 N–H and O–H groups in total. The number of hydrogen-bond acceptors (Lipinski definition) is 17. The summed E-state index contributed by atoms with van der Waals surface area (Å²) in [5.74, 6) is -4.98. The maximum atomic E-state index is 14.1. The Morgan fingerprint density at radius 2 is 1.07 bits per heavy atom. The van der Waals surface area contributed by atoms with Gasteiger partial charge in [0.05, 0.1) is 63.4 Å². The van der Waals surface area contributed by atoms with Crippen LogP contribution in [0, 0.1) is 17.5 Å². The van der Waals surface area contributed by atoms with Crippen LogP contribution in [-0.4, -0.2) is 154 Å². The average Bonchev–Trinajstić information content (AvgIpc) is 1.60. The van der Waals surface area contributed by atoms with Crippen molar-refractivity contribution in [1.82, 2.24) is 40.4 Å². The number of fused-ring (bicyclic) bond motifs is 2. The SMILES string of the molecule is COC1CC(N(CC(=O)NCc2cccc(Cl)c2F)C(=O)Cn2nc(C(N)=O)c3ccccc32)C1.COC1CC(N)C1.COC1CC(NCC(=O)NCc2cccc(Cl)c2F)C1.NC(=O)c1nn(CC(=O)O)c2ccccc12.O=C(CCl)CCc1cccc(Cl)c1F.O=CO[O-].[H-].[K+].[K+]. The first-order chi connectivity index (χ1) is 45.9. The molecular formula is C64H74Cl4F3K2N11O14. The van der Waals surface area contributed by atoms with E-state index in [9.17, 15) is 46.7 Å². The Bertz CT molecular complexity index is 3800. The van der Waals surface area contributed by atoms with Crippen LogP contribution in [0.1, 0.15) is 84.0 Å². The molecule has 5 amide bonds. The van der Waals surface area contributed by atoms with Gasteiger partial charge >= 0.3 is 109 Å². The maximum Gasteiger partial charge on any atom is 1.00 e. The van der Waals surface area contributed by atoms with Gasteiger partial charge in [-0.2, -0.15) is 10.2 Å². The second-order valence-electron chi connectivity index (χ2n) is 21.7. The van der Waals surface area contributed by atoms with Crippen molar-refractivity contribution in [2.24, 2.45) is 17.2 Å². The monoisotopic (exact) mass is 1500 g/mol. The number of alkyl halides is 1. The molecule has 3 aliphatic carbocycles. The molecular weight excluding hydrogens is 1420 g/mol. The van der Waals surface area contributed by atoms with Crippen molar-refractivity contribution in [3.05, 3.63) is 164 Å². The number of methoxy groups -OCH3 is 3. The third kappa shape index (κ3) is 27.4. The minimum Gasteiger partial charge on any atom is -1.00 e. The molecule has 2 heterocycles. The Labute approximate surface area is 669 Å². The predicted molar refractivity (Wildman–Crippen MR) is 350 cm³/mol. The second kappa shape index (κ2) is 45.1. The van der Waals surface area contributed by atoms with E-state index in [-0.39, 0.29) is 224 Å². The van der Waals surface area contributed by atoms with Crippen molar-refractivity contribution < 1.29 is 185 Å². The van der Waals surface area contributed by atoms with Gasteiger partial charge in [0.25, 0.3) is 18.3 Å². The van der Waals surface area contributed by atoms with E-state index in [1.54, 1.807) is 100 Å². The number of para-hydroxylation sites is 2. The topological polar surface area (TPSA) is 370 Å². The standard InChI is InChI=1S/C24H25ClFN5O4.C14H18ClFN2O2.C10H9Cl2FO.C10H9N3O3.C5H11NO.CH2O3.2K.H/c1-35-16-9-15(10-16)30(12-20(32)28-11-14-5-4-7-18(25)22(14)26)21(33)13-31-19-8-3-2-6-17(19)23(29-31)24(27)34;1-20-11-5-10(6-11)17-8-13(19)18-7-9-3-2-4-12(15)14(9)16;11-6-8(14)5-4-7-2-1-3-9(12)10(7)13;11-10(16)9-6-3-1-2-4-7(6)13(12-9)5-8(14)15;1-7-5-2-4(6)3-5;2-1-4-3;;;/h2-8,15-16H,9-13H2,1H3,(H2,27,34)(H,28,32);2-4,10-11,17H,5-8H2,1H3,(H,18,19);1-3H,4-6H2;1-4H,5H2,(H2,11,16)(H,14,15);4-5H,2-3,6H2,1H3;1,3H;;;/q;;;;;;2*+1;-1/p-1. The number of carboxylic acid groups (broad SMARTS) is 1. The van der Waals surface area contributed by atoms with Crippen molar-refractivity contribution in [2.45, 2.75) is 114 Å². The summed E-state index contributed by atoms with van der Waals surface area (Å²) in [6.45, 7) is -0.581. The van der Waals surface area contributed by atoms with Gasteiger partial charge < -0.3 is 68.9 Å². The van der Waals surface area contributed by atoms with E-state index in [0.717, 1.165) is 25.7 Å². The number of rotatable bonds is 24. The number of carbonyl (C=O) groups is 8. The van der Waals surface area contributed by atoms with Gasteiger partial charge in [0.1, 0.15) is 36.3 Å². The number of amides is 5. The number of nitrogens with zero attached hydrogens (tertiary/aromatic N) is 5. The molecule has 34 heteroatoms. The van der Waals surface area contributed by atoms with Gasteiger partial charge in [-0.1, -0.05) is 108 Å². The van der Waals surface area contributed by atoms with Gasteiger partial charge in [0, 0.05) is 80.9 Å². The van der Waals surface area contributed by atoms with Gasteiger partial charge in [-0.05, 0) is 80.8 Å². The van der Waals surface area contributed by atoms with Crippen LogP contribution in [0.5, 0.6) is 0 Å². The number of primary amides is 2. The zero-order chi connectivity index (χ0) is 70.6. The molecule has 2 aromatic heterocycles. The zero-order valence-electron chi connectivity index (χ0n) is 55.3. The molecule has 0 saturated heterocycles. The van der Waals surface area contributed by atoms with Crippen molar-refractivity contribution in [3.63, 3.8) is 0 Å². The molecule has 0 atom stereocenters. The molecule has 0 aliphatic heterocycles. The molecule has 7 aromatic rings. The second-order valence-corrected chi connectivity index (χ2v) is 23.2. The Kier molecular flexibility index (Phi) is 40.1. The summed E-state index contributed by atoms with van der Waals surface area (Å²) in [5.41, 5.74) is 18.5. The van der Waals surface area contributed by atoms with Gasteiger partial charge in [0.15, 0.2) is 11.4 Å². The van der Waals surface area contributed by atoms with Crippen LogP contribution in [0.15, 0.2) is 103 Å².